The standard InChI is InChI=1S/C17H12Cl2F2N2O5/c1-27-14-6-9(13(23(25)26)8-15(14)28-17(20)21)2-5-16(24)22-12-7-10(18)3-4-11(12)19/h2-8,17H,1H3,(H,22,24)/b5-2+. The SMILES string of the molecule is COc1cc(/C=C/C(=O)Nc2cc(Cl)ccc2Cl)c([N+](=O)[O-])cc1OC(F)F. The van der Waals surface area contributed by atoms with Gasteiger partial charge in [-0.3, -0.25) is 14.9 Å². The average molecular weight is 433 g/mol. The minimum atomic E-state index is -3.19. The maximum Gasteiger partial charge on any atom is 0.387 e. The topological polar surface area (TPSA) is 90.7 Å². The van der Waals surface area contributed by atoms with E-state index < -0.39 is 28.9 Å². The highest BCUT2D eigenvalue weighted by molar-refractivity contribution is 6.35. The molecule has 0 aliphatic rings. The van der Waals surface area contributed by atoms with Gasteiger partial charge in [-0.15, -0.1) is 0 Å². The second kappa shape index (κ2) is 9.34. The molecule has 0 radical (unpaired) electrons. The minimum Gasteiger partial charge on any atom is -0.493 e. The van der Waals surface area contributed by atoms with Gasteiger partial charge in [0, 0.05) is 11.1 Å². The van der Waals surface area contributed by atoms with Crippen molar-refractivity contribution in [1.82, 2.24) is 0 Å². The molecule has 1 N–H and O–H groups in total. The van der Waals surface area contributed by atoms with E-state index in [2.05, 4.69) is 10.1 Å². The Hall–Kier alpha value is -2.91. The molecule has 0 fully saturated rings. The summed E-state index contributed by atoms with van der Waals surface area (Å²) in [5.41, 5.74) is -0.367. The van der Waals surface area contributed by atoms with E-state index >= 15 is 0 Å². The number of carbonyl (C=O) groups is 1. The second-order valence-corrected chi connectivity index (χ2v) is 5.99. The minimum absolute atomic E-state index is 0.0594. The molecule has 7 nitrogen and oxygen atoms in total. The third kappa shape index (κ3) is 5.54. The number of hydrogen-bond donors (Lipinski definition) is 1. The van der Waals surface area contributed by atoms with E-state index in [0.717, 1.165) is 24.3 Å². The molecule has 0 spiro atoms. The Morgan fingerprint density at radius 2 is 1.96 bits per heavy atom. The normalized spacial score (nSPS) is 10.9. The van der Waals surface area contributed by atoms with Crippen LogP contribution in [0.25, 0.3) is 6.08 Å². The van der Waals surface area contributed by atoms with Gasteiger partial charge in [-0.2, -0.15) is 8.78 Å². The molecule has 0 unspecified atom stereocenters. The van der Waals surface area contributed by atoms with Gasteiger partial charge in [0.15, 0.2) is 11.5 Å². The van der Waals surface area contributed by atoms with Crippen LogP contribution in [0.4, 0.5) is 20.2 Å². The molecule has 1 amide bonds. The van der Waals surface area contributed by atoms with Crippen LogP contribution in [0.1, 0.15) is 5.56 Å². The lowest BCUT2D eigenvalue weighted by Crippen LogP contribution is -2.08. The van der Waals surface area contributed by atoms with Gasteiger partial charge in [0.1, 0.15) is 0 Å². The summed E-state index contributed by atoms with van der Waals surface area (Å²) < 4.78 is 34.0. The van der Waals surface area contributed by atoms with Gasteiger partial charge in [-0.05, 0) is 30.3 Å². The maximum atomic E-state index is 12.5. The number of ether oxygens (including phenoxy) is 2. The van der Waals surface area contributed by atoms with Crippen molar-refractivity contribution in [1.29, 1.82) is 0 Å². The summed E-state index contributed by atoms with van der Waals surface area (Å²) in [6.07, 6.45) is 2.13. The van der Waals surface area contributed by atoms with Crippen LogP contribution >= 0.6 is 23.2 Å². The number of alkyl halides is 2. The quantitative estimate of drug-likeness (QED) is 0.370. The lowest BCUT2D eigenvalue weighted by molar-refractivity contribution is -0.385. The van der Waals surface area contributed by atoms with Crippen molar-refractivity contribution in [2.45, 2.75) is 6.61 Å². The predicted molar refractivity (Wildman–Crippen MR) is 100 cm³/mol. The molecule has 28 heavy (non-hydrogen) atoms. The first-order valence-electron chi connectivity index (χ1n) is 7.46. The molecule has 2 aromatic rings. The number of rotatable bonds is 7. The molecule has 0 aromatic heterocycles. The summed E-state index contributed by atoms with van der Waals surface area (Å²) in [6.45, 7) is -3.19. The zero-order chi connectivity index (χ0) is 20.8. The van der Waals surface area contributed by atoms with Crippen molar-refractivity contribution in [3.05, 3.63) is 62.1 Å². The van der Waals surface area contributed by atoms with Gasteiger partial charge < -0.3 is 14.8 Å². The number of amides is 1. The number of nitro groups is 1. The monoisotopic (exact) mass is 432 g/mol. The number of methoxy groups -OCH3 is 1. The van der Waals surface area contributed by atoms with Gasteiger partial charge in [0.25, 0.3) is 5.69 Å². The van der Waals surface area contributed by atoms with Crippen LogP contribution in [0.3, 0.4) is 0 Å². The predicted octanol–water partition coefficient (Wildman–Crippen LogP) is 5.16. The average Bonchev–Trinajstić information content (AvgIpc) is 2.62. The molecule has 0 atom stereocenters. The van der Waals surface area contributed by atoms with Crippen LogP contribution in [-0.2, 0) is 4.79 Å². The fourth-order valence-electron chi connectivity index (χ4n) is 2.14. The summed E-state index contributed by atoms with van der Waals surface area (Å²) in [4.78, 5) is 22.5. The van der Waals surface area contributed by atoms with E-state index in [-0.39, 0.29) is 22.0 Å². The van der Waals surface area contributed by atoms with Crippen LogP contribution in [0.5, 0.6) is 11.5 Å². The Morgan fingerprint density at radius 3 is 2.57 bits per heavy atom. The van der Waals surface area contributed by atoms with Crippen molar-refractivity contribution in [2.75, 3.05) is 12.4 Å². The molecule has 0 bridgehead atoms. The second-order valence-electron chi connectivity index (χ2n) is 5.14. The molecule has 11 heteroatoms. The lowest BCUT2D eigenvalue weighted by Gasteiger charge is -2.11. The molecule has 0 saturated carbocycles. The van der Waals surface area contributed by atoms with Crippen LogP contribution in [-0.4, -0.2) is 24.6 Å². The Balaban J connectivity index is 2.31. The summed E-state index contributed by atoms with van der Waals surface area (Å²) in [6, 6.07) is 6.34. The number of halogens is 4. The zero-order valence-electron chi connectivity index (χ0n) is 14.1. The Morgan fingerprint density at radius 1 is 1.25 bits per heavy atom. The number of nitrogens with one attached hydrogen (secondary N) is 1. The summed E-state index contributed by atoms with van der Waals surface area (Å²) in [7, 11) is 1.18. The largest absolute Gasteiger partial charge is 0.493 e. The first-order valence-corrected chi connectivity index (χ1v) is 8.22. The highest BCUT2D eigenvalue weighted by atomic mass is 35.5. The number of carbonyl (C=O) groups excluding carboxylic acids is 1. The van der Waals surface area contributed by atoms with Crippen molar-refractivity contribution in [3.8, 4) is 11.5 Å². The molecule has 2 rings (SSSR count). The fourth-order valence-corrected chi connectivity index (χ4v) is 2.47. The zero-order valence-corrected chi connectivity index (χ0v) is 15.6. The van der Waals surface area contributed by atoms with Crippen LogP contribution in [0.2, 0.25) is 10.0 Å². The highest BCUT2D eigenvalue weighted by Gasteiger charge is 2.20. The lowest BCUT2D eigenvalue weighted by atomic mass is 10.1. The van der Waals surface area contributed by atoms with Crippen LogP contribution < -0.4 is 14.8 Å². The van der Waals surface area contributed by atoms with E-state index in [4.69, 9.17) is 27.9 Å². The van der Waals surface area contributed by atoms with E-state index in [1.54, 1.807) is 0 Å². The molecular weight excluding hydrogens is 421 g/mol. The van der Waals surface area contributed by atoms with Crippen LogP contribution in [0, 0.1) is 10.1 Å². The third-order valence-corrected chi connectivity index (χ3v) is 3.89. The number of nitro benzene ring substituents is 1. The molecule has 2 aromatic carbocycles. The molecule has 0 saturated heterocycles. The fraction of sp³-hybridized carbons (Fsp3) is 0.118. The van der Waals surface area contributed by atoms with Gasteiger partial charge in [-0.1, -0.05) is 23.2 Å². The number of anilines is 1. The number of benzene rings is 2. The van der Waals surface area contributed by atoms with Crippen molar-refractivity contribution in [2.24, 2.45) is 0 Å². The van der Waals surface area contributed by atoms with Crippen LogP contribution in [0.15, 0.2) is 36.4 Å². The van der Waals surface area contributed by atoms with E-state index in [1.165, 1.54) is 25.3 Å². The van der Waals surface area contributed by atoms with Gasteiger partial charge in [0.05, 0.1) is 34.4 Å². The number of hydrogen-bond acceptors (Lipinski definition) is 5. The van der Waals surface area contributed by atoms with E-state index in [1.807, 2.05) is 0 Å². The van der Waals surface area contributed by atoms with Gasteiger partial charge >= 0.3 is 6.61 Å². The third-order valence-electron chi connectivity index (χ3n) is 3.33. The van der Waals surface area contributed by atoms with Crippen molar-refractivity contribution >= 4 is 46.6 Å². The van der Waals surface area contributed by atoms with Gasteiger partial charge in [0.2, 0.25) is 5.91 Å². The molecular formula is C17H12Cl2F2N2O5. The van der Waals surface area contributed by atoms with Crippen molar-refractivity contribution < 1.29 is 28.0 Å². The smallest absolute Gasteiger partial charge is 0.387 e. The Labute approximate surface area is 167 Å². The highest BCUT2D eigenvalue weighted by Crippen LogP contribution is 2.36. The first-order chi connectivity index (χ1) is 13.2. The number of nitrogens with zero attached hydrogens (tertiary/aromatic N) is 1. The summed E-state index contributed by atoms with van der Waals surface area (Å²) >= 11 is 11.8. The maximum absolute atomic E-state index is 12.5. The van der Waals surface area contributed by atoms with E-state index in [0.29, 0.717) is 5.02 Å². The summed E-state index contributed by atoms with van der Waals surface area (Å²) in [5.74, 6) is -1.31. The molecule has 0 heterocycles. The Bertz CT molecular complexity index is 938. The van der Waals surface area contributed by atoms with Gasteiger partial charge in [-0.25, -0.2) is 0 Å². The molecule has 0 aliphatic carbocycles. The Kier molecular flexibility index (Phi) is 7.13. The van der Waals surface area contributed by atoms with E-state index in [9.17, 15) is 23.7 Å². The molecule has 0 aliphatic heterocycles. The molecule has 148 valence electrons. The summed E-state index contributed by atoms with van der Waals surface area (Å²) in [5, 5.41) is 14.3. The first kappa shape index (κ1) is 21.4. The van der Waals surface area contributed by atoms with Crippen molar-refractivity contribution in [3.63, 3.8) is 0 Å².